The topological polar surface area (TPSA) is 57.8 Å². The third-order valence-electron chi connectivity index (χ3n) is 1.24. The molecule has 1 aromatic heterocycles. The summed E-state index contributed by atoms with van der Waals surface area (Å²) in [6.07, 6.45) is 1.41. The average Bonchev–Trinajstić information content (AvgIpc) is 1.97. The predicted octanol–water partition coefficient (Wildman–Crippen LogP) is 0.352. The van der Waals surface area contributed by atoms with Crippen LogP contribution in [0.3, 0.4) is 0 Å². The number of nitrogens with zero attached hydrogens (tertiary/aromatic N) is 2. The number of rotatable bonds is 1. The highest BCUT2D eigenvalue weighted by molar-refractivity contribution is 5.13. The van der Waals surface area contributed by atoms with Crippen molar-refractivity contribution in [3.8, 4) is 5.75 Å². The zero-order valence-corrected chi connectivity index (χ0v) is 6.23. The van der Waals surface area contributed by atoms with Crippen LogP contribution < -0.4 is 5.49 Å². The van der Waals surface area contributed by atoms with Gasteiger partial charge in [-0.1, -0.05) is 0 Å². The predicted molar refractivity (Wildman–Crippen MR) is 39.4 cm³/mol. The molecule has 0 radical (unpaired) electrons. The molecule has 0 aromatic carbocycles. The third-order valence-corrected chi connectivity index (χ3v) is 1.24. The molecule has 0 aliphatic rings. The Kier molecular flexibility index (Phi) is 2.15. The molecule has 0 spiro atoms. The smallest absolute Gasteiger partial charge is 0.205 e. The summed E-state index contributed by atoms with van der Waals surface area (Å²) >= 11 is 0. The lowest BCUT2D eigenvalue weighted by atomic mass is 10.4. The highest BCUT2D eigenvalue weighted by Crippen LogP contribution is 1.95. The molecule has 0 aliphatic carbocycles. The Balaban J connectivity index is 3.32. The van der Waals surface area contributed by atoms with E-state index < -0.39 is 0 Å². The van der Waals surface area contributed by atoms with Crippen molar-refractivity contribution in [3.63, 3.8) is 0 Å². The van der Waals surface area contributed by atoms with Crippen molar-refractivity contribution in [2.75, 3.05) is 6.54 Å². The quantitative estimate of drug-likeness (QED) is 0.573. The molecular weight excluding hydrogens is 144 g/mol. The molecule has 4 heteroatoms. The molecule has 0 aliphatic heterocycles. The maximum absolute atomic E-state index is 9.15. The average molecular weight is 154 g/mol. The standard InChI is InChI=1S/C7H10N2O2/c1-2-8-7-6(10)4-3-5-9(7)11/h3-5,10-11H,2H2,1H3. The Bertz CT molecular complexity index is 280. The largest absolute Gasteiger partial charge is 0.504 e. The van der Waals surface area contributed by atoms with Crippen LogP contribution in [0.2, 0.25) is 0 Å². The summed E-state index contributed by atoms with van der Waals surface area (Å²) in [5.74, 6) is -0.0168. The monoisotopic (exact) mass is 154 g/mol. The molecule has 0 saturated heterocycles. The molecule has 4 nitrogen and oxygen atoms in total. The SMILES string of the molecule is CCN=c1c(O)cccn1O. The van der Waals surface area contributed by atoms with Crippen LogP contribution in [0.5, 0.6) is 5.75 Å². The van der Waals surface area contributed by atoms with E-state index in [1.807, 2.05) is 6.92 Å². The number of pyridine rings is 1. The molecule has 0 atom stereocenters. The first-order valence-corrected chi connectivity index (χ1v) is 3.36. The lowest BCUT2D eigenvalue weighted by molar-refractivity contribution is 0.167. The van der Waals surface area contributed by atoms with Gasteiger partial charge in [-0.15, -0.1) is 0 Å². The highest BCUT2D eigenvalue weighted by atomic mass is 16.5. The summed E-state index contributed by atoms with van der Waals surface area (Å²) < 4.78 is 0.791. The van der Waals surface area contributed by atoms with Crippen LogP contribution in [-0.2, 0) is 0 Å². The molecule has 2 N–H and O–H groups in total. The van der Waals surface area contributed by atoms with Gasteiger partial charge >= 0.3 is 0 Å². The highest BCUT2D eigenvalue weighted by Gasteiger charge is 1.94. The van der Waals surface area contributed by atoms with Crippen molar-refractivity contribution in [2.24, 2.45) is 4.99 Å². The molecule has 60 valence electrons. The van der Waals surface area contributed by atoms with E-state index in [0.717, 1.165) is 4.73 Å². The fourth-order valence-electron chi connectivity index (χ4n) is 0.781. The Morgan fingerprint density at radius 1 is 1.64 bits per heavy atom. The Labute approximate surface area is 64.0 Å². The zero-order chi connectivity index (χ0) is 8.27. The third kappa shape index (κ3) is 1.52. The van der Waals surface area contributed by atoms with Gasteiger partial charge < -0.3 is 10.3 Å². The van der Waals surface area contributed by atoms with Crippen molar-refractivity contribution in [3.05, 3.63) is 23.8 Å². The second-order valence-corrected chi connectivity index (χ2v) is 2.04. The Hall–Kier alpha value is -1.45. The first-order chi connectivity index (χ1) is 5.25. The molecule has 0 unspecified atom stereocenters. The van der Waals surface area contributed by atoms with Gasteiger partial charge in [-0.05, 0) is 19.1 Å². The minimum atomic E-state index is -0.0168. The maximum Gasteiger partial charge on any atom is 0.205 e. The molecule has 0 amide bonds. The van der Waals surface area contributed by atoms with E-state index in [4.69, 9.17) is 10.3 Å². The number of aromatic nitrogens is 1. The van der Waals surface area contributed by atoms with Gasteiger partial charge in [0.25, 0.3) is 0 Å². The zero-order valence-electron chi connectivity index (χ0n) is 6.23. The summed E-state index contributed by atoms with van der Waals surface area (Å²) in [6.45, 7) is 2.35. The van der Waals surface area contributed by atoms with E-state index >= 15 is 0 Å². The molecule has 1 heterocycles. The number of aromatic hydroxyl groups is 1. The second kappa shape index (κ2) is 3.09. The van der Waals surface area contributed by atoms with Gasteiger partial charge in [0.15, 0.2) is 5.75 Å². The van der Waals surface area contributed by atoms with Gasteiger partial charge in [-0.25, -0.2) is 0 Å². The van der Waals surface area contributed by atoms with Gasteiger partial charge in [0, 0.05) is 12.7 Å². The Morgan fingerprint density at radius 3 is 2.91 bits per heavy atom. The summed E-state index contributed by atoms with van der Waals surface area (Å²) in [4.78, 5) is 3.87. The minimum absolute atomic E-state index is 0.0168. The van der Waals surface area contributed by atoms with E-state index in [-0.39, 0.29) is 11.2 Å². The van der Waals surface area contributed by atoms with Gasteiger partial charge in [-0.3, -0.25) is 4.99 Å². The summed E-state index contributed by atoms with van der Waals surface area (Å²) in [5.41, 5.74) is 0.190. The summed E-state index contributed by atoms with van der Waals surface area (Å²) in [7, 11) is 0. The first-order valence-electron chi connectivity index (χ1n) is 3.36. The lowest BCUT2D eigenvalue weighted by Crippen LogP contribution is -2.18. The minimum Gasteiger partial charge on any atom is -0.504 e. The van der Waals surface area contributed by atoms with Crippen molar-refractivity contribution in [1.82, 2.24) is 4.73 Å². The first kappa shape index (κ1) is 7.65. The molecule has 0 saturated carbocycles. The van der Waals surface area contributed by atoms with Gasteiger partial charge in [-0.2, -0.15) is 4.73 Å². The van der Waals surface area contributed by atoms with E-state index in [9.17, 15) is 0 Å². The van der Waals surface area contributed by atoms with Crippen molar-refractivity contribution < 1.29 is 10.3 Å². The van der Waals surface area contributed by atoms with E-state index in [1.165, 1.54) is 18.3 Å². The summed E-state index contributed by atoms with van der Waals surface area (Å²) in [6, 6.07) is 3.01. The molecule has 1 rings (SSSR count). The fraction of sp³-hybridized carbons (Fsp3) is 0.286. The normalized spacial score (nSPS) is 11.9. The maximum atomic E-state index is 9.15. The molecule has 0 fully saturated rings. The molecule has 11 heavy (non-hydrogen) atoms. The van der Waals surface area contributed by atoms with Crippen LogP contribution in [0.4, 0.5) is 0 Å². The second-order valence-electron chi connectivity index (χ2n) is 2.04. The van der Waals surface area contributed by atoms with Gasteiger partial charge in [0.1, 0.15) is 0 Å². The lowest BCUT2D eigenvalue weighted by Gasteiger charge is -1.98. The number of hydrogen-bond donors (Lipinski definition) is 2. The summed E-state index contributed by atoms with van der Waals surface area (Å²) in [5, 5.41) is 18.2. The van der Waals surface area contributed by atoms with Crippen LogP contribution >= 0.6 is 0 Å². The Morgan fingerprint density at radius 2 is 2.36 bits per heavy atom. The van der Waals surface area contributed by atoms with E-state index in [1.54, 1.807) is 0 Å². The van der Waals surface area contributed by atoms with Gasteiger partial charge in [0.05, 0.1) is 0 Å². The molecular formula is C7H10N2O2. The van der Waals surface area contributed by atoms with Crippen LogP contribution in [-0.4, -0.2) is 21.6 Å². The molecule has 1 aromatic rings. The van der Waals surface area contributed by atoms with Crippen molar-refractivity contribution >= 4 is 0 Å². The van der Waals surface area contributed by atoms with Crippen LogP contribution in [0.25, 0.3) is 0 Å². The van der Waals surface area contributed by atoms with Crippen molar-refractivity contribution in [1.29, 1.82) is 0 Å². The van der Waals surface area contributed by atoms with Crippen LogP contribution in [0.1, 0.15) is 6.92 Å². The fourth-order valence-corrected chi connectivity index (χ4v) is 0.781. The van der Waals surface area contributed by atoms with E-state index in [0.29, 0.717) is 6.54 Å². The molecule has 0 bridgehead atoms. The number of hydrogen-bond acceptors (Lipinski definition) is 3. The van der Waals surface area contributed by atoms with Gasteiger partial charge in [0.2, 0.25) is 5.49 Å². The van der Waals surface area contributed by atoms with E-state index in [2.05, 4.69) is 4.99 Å². The van der Waals surface area contributed by atoms with Crippen LogP contribution in [0.15, 0.2) is 23.3 Å². The van der Waals surface area contributed by atoms with Crippen LogP contribution in [0, 0.1) is 0 Å². The van der Waals surface area contributed by atoms with Crippen molar-refractivity contribution in [2.45, 2.75) is 6.92 Å².